The lowest BCUT2D eigenvalue weighted by Crippen LogP contribution is -2.16. The van der Waals surface area contributed by atoms with E-state index in [1.807, 2.05) is 0 Å². The Bertz CT molecular complexity index is 706. The third-order valence-corrected chi connectivity index (χ3v) is 2.91. The van der Waals surface area contributed by atoms with Crippen LogP contribution in [0.2, 0.25) is 0 Å². The van der Waals surface area contributed by atoms with Crippen LogP contribution in [-0.2, 0) is 21.0 Å². The van der Waals surface area contributed by atoms with E-state index in [2.05, 4.69) is 10.0 Å². The first-order chi connectivity index (χ1) is 9.88. The second-order valence-corrected chi connectivity index (χ2v) is 6.59. The molecule has 2 N–H and O–H groups in total. The number of carbonyl (C=O) groups excluding carboxylic acids is 1. The molecule has 0 aliphatic rings. The number of rotatable bonds is 4. The minimum atomic E-state index is -4.61. The lowest BCUT2D eigenvalue weighted by Gasteiger charge is -2.14. The van der Waals surface area contributed by atoms with Gasteiger partial charge in [0, 0.05) is 6.08 Å². The van der Waals surface area contributed by atoms with Crippen LogP contribution in [0, 0.1) is 0 Å². The predicted molar refractivity (Wildman–Crippen MR) is 78.0 cm³/mol. The number of alkyl halides is 3. The Morgan fingerprint density at radius 1 is 1.18 bits per heavy atom. The van der Waals surface area contributed by atoms with Crippen LogP contribution in [0.3, 0.4) is 0 Å². The van der Waals surface area contributed by atoms with Crippen LogP contribution in [0.25, 0.3) is 0 Å². The Morgan fingerprint density at radius 3 is 2.23 bits per heavy atom. The van der Waals surface area contributed by atoms with E-state index in [9.17, 15) is 26.4 Å². The van der Waals surface area contributed by atoms with Gasteiger partial charge in [-0.05, 0) is 32.0 Å². The molecular weight excluding hydrogens is 321 g/mol. The molecule has 0 unspecified atom stereocenters. The number of halogens is 3. The number of hydrogen-bond donors (Lipinski definition) is 2. The third kappa shape index (κ3) is 5.76. The number of sulfonamides is 1. The summed E-state index contributed by atoms with van der Waals surface area (Å²) in [6.45, 7) is 3.28. The predicted octanol–water partition coefficient (Wildman–Crippen LogP) is 2.98. The van der Waals surface area contributed by atoms with Crippen LogP contribution < -0.4 is 10.0 Å². The quantitative estimate of drug-likeness (QED) is 0.830. The number of benzene rings is 1. The summed E-state index contributed by atoms with van der Waals surface area (Å²) in [6, 6.07) is 2.34. The zero-order chi connectivity index (χ0) is 17.1. The maximum atomic E-state index is 12.7. The van der Waals surface area contributed by atoms with E-state index in [1.54, 1.807) is 13.8 Å². The molecule has 22 heavy (non-hydrogen) atoms. The standard InChI is InChI=1S/C13H15F3N2O3S/c1-8(2)6-12(19)17-11-7-9(13(14,15)16)4-5-10(11)18-22(3,20)21/h4-7,18H,1-3H3,(H,17,19). The summed E-state index contributed by atoms with van der Waals surface area (Å²) in [4.78, 5) is 11.7. The molecule has 0 bridgehead atoms. The van der Waals surface area contributed by atoms with Gasteiger partial charge in [-0.25, -0.2) is 8.42 Å². The molecule has 9 heteroatoms. The lowest BCUT2D eigenvalue weighted by atomic mass is 10.1. The second kappa shape index (κ2) is 6.39. The first kappa shape index (κ1) is 18.0. The zero-order valence-electron chi connectivity index (χ0n) is 12.1. The average Bonchev–Trinajstić information content (AvgIpc) is 2.26. The Labute approximate surface area is 126 Å². The van der Waals surface area contributed by atoms with Gasteiger partial charge in [0.05, 0.1) is 23.2 Å². The smallest absolute Gasteiger partial charge is 0.321 e. The van der Waals surface area contributed by atoms with E-state index in [-0.39, 0.29) is 11.4 Å². The summed E-state index contributed by atoms with van der Waals surface area (Å²) < 4.78 is 62.7. The van der Waals surface area contributed by atoms with Crippen molar-refractivity contribution in [2.75, 3.05) is 16.3 Å². The molecule has 0 fully saturated rings. The van der Waals surface area contributed by atoms with Crippen LogP contribution in [0.4, 0.5) is 24.5 Å². The molecule has 122 valence electrons. The Kier molecular flexibility index (Phi) is 5.23. The average molecular weight is 336 g/mol. The minimum Gasteiger partial charge on any atom is -0.321 e. The van der Waals surface area contributed by atoms with Crippen molar-refractivity contribution in [1.29, 1.82) is 0 Å². The topological polar surface area (TPSA) is 75.3 Å². The SMILES string of the molecule is CC(C)=CC(=O)Nc1cc(C(F)(F)F)ccc1NS(C)(=O)=O. The van der Waals surface area contributed by atoms with E-state index in [0.717, 1.165) is 18.4 Å². The number of hydrogen-bond acceptors (Lipinski definition) is 3. The van der Waals surface area contributed by atoms with E-state index >= 15 is 0 Å². The van der Waals surface area contributed by atoms with Gasteiger partial charge in [0.15, 0.2) is 0 Å². The highest BCUT2D eigenvalue weighted by molar-refractivity contribution is 7.92. The molecule has 0 aliphatic heterocycles. The zero-order valence-corrected chi connectivity index (χ0v) is 12.9. The van der Waals surface area contributed by atoms with Crippen molar-refractivity contribution in [2.24, 2.45) is 0 Å². The van der Waals surface area contributed by atoms with Gasteiger partial charge in [0.25, 0.3) is 0 Å². The van der Waals surface area contributed by atoms with Crippen molar-refractivity contribution in [3.8, 4) is 0 Å². The molecule has 1 aromatic rings. The van der Waals surface area contributed by atoms with Gasteiger partial charge in [-0.2, -0.15) is 13.2 Å². The maximum Gasteiger partial charge on any atom is 0.416 e. The van der Waals surface area contributed by atoms with Gasteiger partial charge >= 0.3 is 6.18 Å². The lowest BCUT2D eigenvalue weighted by molar-refractivity contribution is -0.137. The molecule has 1 amide bonds. The van der Waals surface area contributed by atoms with Crippen molar-refractivity contribution in [2.45, 2.75) is 20.0 Å². The fourth-order valence-corrected chi connectivity index (χ4v) is 2.12. The van der Waals surface area contributed by atoms with Gasteiger partial charge < -0.3 is 5.32 Å². The summed E-state index contributed by atoms with van der Waals surface area (Å²) in [5, 5.41) is 2.23. The normalized spacial score (nSPS) is 11.7. The summed E-state index contributed by atoms with van der Waals surface area (Å²) in [6.07, 6.45) is -2.57. The van der Waals surface area contributed by atoms with Crippen LogP contribution in [0.15, 0.2) is 29.8 Å². The fraction of sp³-hybridized carbons (Fsp3) is 0.308. The molecule has 5 nitrogen and oxygen atoms in total. The summed E-state index contributed by atoms with van der Waals surface area (Å²) in [5.74, 6) is -0.657. The Hall–Kier alpha value is -2.03. The molecule has 0 aliphatic carbocycles. The number of amides is 1. The molecule has 0 heterocycles. The van der Waals surface area contributed by atoms with Crippen molar-refractivity contribution in [3.63, 3.8) is 0 Å². The molecule has 1 aromatic carbocycles. The highest BCUT2D eigenvalue weighted by Crippen LogP contribution is 2.34. The molecule has 1 rings (SSSR count). The van der Waals surface area contributed by atoms with Gasteiger partial charge in [-0.1, -0.05) is 5.57 Å². The number of nitrogens with one attached hydrogen (secondary N) is 2. The van der Waals surface area contributed by atoms with Crippen molar-refractivity contribution < 1.29 is 26.4 Å². The Morgan fingerprint density at radius 2 is 1.77 bits per heavy atom. The highest BCUT2D eigenvalue weighted by atomic mass is 32.2. The number of allylic oxidation sites excluding steroid dienone is 1. The molecular formula is C13H15F3N2O3S. The van der Waals surface area contributed by atoms with Crippen LogP contribution in [0.5, 0.6) is 0 Å². The summed E-state index contributed by atoms with van der Waals surface area (Å²) in [7, 11) is -3.70. The van der Waals surface area contributed by atoms with Crippen molar-refractivity contribution >= 4 is 27.3 Å². The Balaban J connectivity index is 3.28. The summed E-state index contributed by atoms with van der Waals surface area (Å²) >= 11 is 0. The van der Waals surface area contributed by atoms with Gasteiger partial charge in [0.1, 0.15) is 0 Å². The maximum absolute atomic E-state index is 12.7. The fourth-order valence-electron chi connectivity index (χ4n) is 1.54. The molecule has 0 atom stereocenters. The first-order valence-electron chi connectivity index (χ1n) is 6.03. The van der Waals surface area contributed by atoms with Crippen LogP contribution in [0.1, 0.15) is 19.4 Å². The monoisotopic (exact) mass is 336 g/mol. The molecule has 0 saturated carbocycles. The van der Waals surface area contributed by atoms with Crippen molar-refractivity contribution in [3.05, 3.63) is 35.4 Å². The number of anilines is 2. The molecule has 0 aromatic heterocycles. The van der Waals surface area contributed by atoms with Crippen LogP contribution >= 0.6 is 0 Å². The first-order valence-corrected chi connectivity index (χ1v) is 7.92. The van der Waals surface area contributed by atoms with E-state index in [4.69, 9.17) is 0 Å². The van der Waals surface area contributed by atoms with Gasteiger partial charge in [-0.15, -0.1) is 0 Å². The van der Waals surface area contributed by atoms with E-state index in [1.165, 1.54) is 6.08 Å². The molecule has 0 saturated heterocycles. The van der Waals surface area contributed by atoms with Crippen molar-refractivity contribution in [1.82, 2.24) is 0 Å². The second-order valence-electron chi connectivity index (χ2n) is 4.84. The molecule has 0 spiro atoms. The van der Waals surface area contributed by atoms with E-state index < -0.39 is 27.7 Å². The third-order valence-electron chi connectivity index (χ3n) is 2.32. The van der Waals surface area contributed by atoms with E-state index in [0.29, 0.717) is 11.6 Å². The van der Waals surface area contributed by atoms with Gasteiger partial charge in [-0.3, -0.25) is 9.52 Å². The molecule has 0 radical (unpaired) electrons. The number of carbonyl (C=O) groups is 1. The minimum absolute atomic E-state index is 0.147. The van der Waals surface area contributed by atoms with Crippen LogP contribution in [-0.4, -0.2) is 20.6 Å². The summed E-state index contributed by atoms with van der Waals surface area (Å²) in [5.41, 5.74) is -0.782. The highest BCUT2D eigenvalue weighted by Gasteiger charge is 2.31. The largest absolute Gasteiger partial charge is 0.416 e. The van der Waals surface area contributed by atoms with Gasteiger partial charge in [0.2, 0.25) is 15.9 Å².